The van der Waals surface area contributed by atoms with Gasteiger partial charge in [-0.1, -0.05) is 11.8 Å². The smallest absolute Gasteiger partial charge is 0.290 e. The Labute approximate surface area is 197 Å². The average Bonchev–Trinajstić information content (AvgIpc) is 3.31. The Kier molecular flexibility index (Phi) is 6.01. The van der Waals surface area contributed by atoms with Gasteiger partial charge in [-0.05, 0) is 54.6 Å². The number of nitrogens with one attached hydrogen (secondary N) is 1. The van der Waals surface area contributed by atoms with Crippen LogP contribution in [0.4, 0.5) is 14.5 Å². The zero-order chi connectivity index (χ0) is 23.7. The molecule has 1 fully saturated rings. The Morgan fingerprint density at radius 3 is 2.29 bits per heavy atom. The number of nitrogens with zero attached hydrogens (tertiary/aromatic N) is 5. The third-order valence-electron chi connectivity index (χ3n) is 5.67. The first kappa shape index (κ1) is 22.1. The molecule has 0 aliphatic carbocycles. The molecule has 4 aromatic rings. The number of carbonyl (C=O) groups is 1. The van der Waals surface area contributed by atoms with E-state index in [2.05, 4.69) is 20.2 Å². The lowest BCUT2D eigenvalue weighted by atomic mass is 10.1. The van der Waals surface area contributed by atoms with E-state index in [1.54, 1.807) is 35.2 Å². The molecule has 1 aliphatic heterocycles. The summed E-state index contributed by atoms with van der Waals surface area (Å²) in [5.41, 5.74) is 1.98. The molecule has 3 heterocycles. The average molecular weight is 483 g/mol. The van der Waals surface area contributed by atoms with Gasteiger partial charge >= 0.3 is 0 Å². The number of halogens is 2. The highest BCUT2D eigenvalue weighted by molar-refractivity contribution is 7.99. The first-order valence-electron chi connectivity index (χ1n) is 10.6. The highest BCUT2D eigenvalue weighted by Gasteiger charge is 2.22. The number of benzene rings is 2. The topological polar surface area (TPSA) is 86.6 Å². The largest absolute Gasteiger partial charge is 0.368 e. The Bertz CT molecular complexity index is 1380. The summed E-state index contributed by atoms with van der Waals surface area (Å²) in [6.45, 7) is 2.43. The molecule has 1 N–H and O–H groups in total. The predicted octanol–water partition coefficient (Wildman–Crippen LogP) is 2.80. The third kappa shape index (κ3) is 4.51. The van der Waals surface area contributed by atoms with Crippen LogP contribution in [-0.2, 0) is 4.79 Å². The van der Waals surface area contributed by atoms with E-state index in [0.29, 0.717) is 42.6 Å². The number of anilines is 1. The van der Waals surface area contributed by atoms with Crippen LogP contribution in [0.5, 0.6) is 0 Å². The molecule has 2 aromatic heterocycles. The fraction of sp³-hybridized carbons (Fsp3) is 0.217. The van der Waals surface area contributed by atoms with E-state index in [4.69, 9.17) is 0 Å². The van der Waals surface area contributed by atoms with Crippen LogP contribution in [0.1, 0.15) is 0 Å². The number of fused-ring (bicyclic) bond motifs is 1. The summed E-state index contributed by atoms with van der Waals surface area (Å²) in [6.07, 6.45) is 0. The van der Waals surface area contributed by atoms with Gasteiger partial charge in [-0.15, -0.1) is 5.10 Å². The minimum atomic E-state index is -0.409. The Hall–Kier alpha value is -3.73. The van der Waals surface area contributed by atoms with Gasteiger partial charge in [-0.25, -0.2) is 18.4 Å². The first-order chi connectivity index (χ1) is 16.5. The summed E-state index contributed by atoms with van der Waals surface area (Å²) in [4.78, 5) is 28.9. The van der Waals surface area contributed by atoms with Gasteiger partial charge < -0.3 is 9.80 Å². The van der Waals surface area contributed by atoms with Gasteiger partial charge in [0.05, 0.1) is 11.4 Å². The van der Waals surface area contributed by atoms with Crippen LogP contribution in [0.25, 0.3) is 16.8 Å². The molecule has 11 heteroatoms. The summed E-state index contributed by atoms with van der Waals surface area (Å²) in [5.74, 6) is -0.547. The molecular formula is C23H20F2N6O2S. The fourth-order valence-corrected chi connectivity index (χ4v) is 4.64. The van der Waals surface area contributed by atoms with Crippen molar-refractivity contribution in [1.29, 1.82) is 0 Å². The minimum Gasteiger partial charge on any atom is -0.368 e. The molecule has 0 atom stereocenters. The van der Waals surface area contributed by atoms with E-state index in [-0.39, 0.29) is 28.8 Å². The van der Waals surface area contributed by atoms with Gasteiger partial charge in [0.1, 0.15) is 17.2 Å². The number of piperazine rings is 1. The highest BCUT2D eigenvalue weighted by Crippen LogP contribution is 2.23. The molecule has 0 radical (unpaired) electrons. The molecule has 0 bridgehead atoms. The molecule has 2 aromatic carbocycles. The number of rotatable bonds is 5. The minimum absolute atomic E-state index is 0.0455. The maximum absolute atomic E-state index is 13.2. The van der Waals surface area contributed by atoms with Gasteiger partial charge in [-0.3, -0.25) is 9.59 Å². The van der Waals surface area contributed by atoms with Crippen molar-refractivity contribution < 1.29 is 13.6 Å². The standard InChI is InChI=1S/C23H20F2N6O2S/c24-16-3-1-15(2-4-16)19-13-20-22(33)26-27-23(31(20)28-19)34-14-21(32)30-11-9-29(10-12-30)18-7-5-17(25)6-8-18/h1-8,13H,9-12,14H2,(H,26,33). The molecule has 0 unspecified atom stereocenters. The normalized spacial score (nSPS) is 14.1. The van der Waals surface area contributed by atoms with Crippen LogP contribution >= 0.6 is 11.8 Å². The number of aromatic amines is 1. The van der Waals surface area contributed by atoms with Crippen molar-refractivity contribution in [3.05, 3.63) is 76.6 Å². The second-order valence-electron chi connectivity index (χ2n) is 7.80. The van der Waals surface area contributed by atoms with Gasteiger partial charge in [0, 0.05) is 37.4 Å². The molecule has 5 rings (SSSR count). The van der Waals surface area contributed by atoms with E-state index in [9.17, 15) is 18.4 Å². The second kappa shape index (κ2) is 9.26. The molecular weight excluding hydrogens is 462 g/mol. The van der Waals surface area contributed by atoms with Gasteiger partial charge in [0.2, 0.25) is 11.1 Å². The maximum Gasteiger partial charge on any atom is 0.290 e. The van der Waals surface area contributed by atoms with Crippen LogP contribution in [0, 0.1) is 11.6 Å². The predicted molar refractivity (Wildman–Crippen MR) is 125 cm³/mol. The molecule has 1 aliphatic rings. The Balaban J connectivity index is 1.25. The number of thioether (sulfide) groups is 1. The lowest BCUT2D eigenvalue weighted by Crippen LogP contribution is -2.49. The fourth-order valence-electron chi connectivity index (χ4n) is 3.83. The SMILES string of the molecule is O=C(CSc1n[nH]c(=O)c2cc(-c3ccc(F)cc3)nn12)N1CCN(c2ccc(F)cc2)CC1. The van der Waals surface area contributed by atoms with Gasteiger partial charge in [-0.2, -0.15) is 5.10 Å². The molecule has 0 spiro atoms. The van der Waals surface area contributed by atoms with E-state index in [1.165, 1.54) is 40.5 Å². The summed E-state index contributed by atoms with van der Waals surface area (Å²) in [7, 11) is 0. The Morgan fingerprint density at radius 1 is 0.971 bits per heavy atom. The number of hydrogen-bond donors (Lipinski definition) is 1. The van der Waals surface area contributed by atoms with Crippen LogP contribution in [0.2, 0.25) is 0 Å². The maximum atomic E-state index is 13.2. The summed E-state index contributed by atoms with van der Waals surface area (Å²) in [6, 6.07) is 13.8. The van der Waals surface area contributed by atoms with Crippen LogP contribution in [0.15, 0.2) is 64.5 Å². The number of carbonyl (C=O) groups excluding carboxylic acids is 1. The lowest BCUT2D eigenvalue weighted by molar-refractivity contribution is -0.128. The van der Waals surface area contributed by atoms with Crippen LogP contribution in [-0.4, -0.2) is 62.6 Å². The van der Waals surface area contributed by atoms with Crippen molar-refractivity contribution in [3.8, 4) is 11.3 Å². The molecule has 8 nitrogen and oxygen atoms in total. The van der Waals surface area contributed by atoms with Crippen molar-refractivity contribution in [2.75, 3.05) is 36.8 Å². The van der Waals surface area contributed by atoms with Gasteiger partial charge in [0.25, 0.3) is 5.56 Å². The van der Waals surface area contributed by atoms with Gasteiger partial charge in [0.15, 0.2) is 0 Å². The highest BCUT2D eigenvalue weighted by atomic mass is 32.2. The summed E-state index contributed by atoms with van der Waals surface area (Å²) >= 11 is 1.18. The van der Waals surface area contributed by atoms with Crippen molar-refractivity contribution >= 4 is 28.9 Å². The van der Waals surface area contributed by atoms with E-state index in [1.807, 2.05) is 0 Å². The van der Waals surface area contributed by atoms with Crippen molar-refractivity contribution in [3.63, 3.8) is 0 Å². The van der Waals surface area contributed by atoms with Crippen LogP contribution < -0.4 is 10.5 Å². The molecule has 34 heavy (non-hydrogen) atoms. The summed E-state index contributed by atoms with van der Waals surface area (Å²) in [5, 5.41) is 11.3. The summed E-state index contributed by atoms with van der Waals surface area (Å²) < 4.78 is 27.8. The zero-order valence-corrected chi connectivity index (χ0v) is 18.8. The van der Waals surface area contributed by atoms with Crippen molar-refractivity contribution in [1.82, 2.24) is 24.7 Å². The number of amides is 1. The molecule has 1 amide bonds. The molecule has 174 valence electrons. The number of aromatic nitrogens is 4. The number of H-pyrrole nitrogens is 1. The van der Waals surface area contributed by atoms with Crippen LogP contribution in [0.3, 0.4) is 0 Å². The molecule has 1 saturated heterocycles. The number of hydrogen-bond acceptors (Lipinski definition) is 6. The van der Waals surface area contributed by atoms with Crippen molar-refractivity contribution in [2.45, 2.75) is 5.16 Å². The monoisotopic (exact) mass is 482 g/mol. The first-order valence-corrected chi connectivity index (χ1v) is 11.6. The molecule has 0 saturated carbocycles. The van der Waals surface area contributed by atoms with E-state index in [0.717, 1.165) is 5.69 Å². The quantitative estimate of drug-likeness (QED) is 0.441. The zero-order valence-electron chi connectivity index (χ0n) is 17.9. The van der Waals surface area contributed by atoms with E-state index >= 15 is 0 Å². The second-order valence-corrected chi connectivity index (χ2v) is 8.74. The lowest BCUT2D eigenvalue weighted by Gasteiger charge is -2.36. The van der Waals surface area contributed by atoms with E-state index < -0.39 is 5.56 Å². The van der Waals surface area contributed by atoms with Crippen molar-refractivity contribution in [2.24, 2.45) is 0 Å². The third-order valence-corrected chi connectivity index (χ3v) is 6.58. The Morgan fingerprint density at radius 2 is 1.62 bits per heavy atom.